The molecule has 12 heteroatoms. The lowest BCUT2D eigenvalue weighted by molar-refractivity contribution is -0.134. The van der Waals surface area contributed by atoms with E-state index in [4.69, 9.17) is 5.11 Å². The van der Waals surface area contributed by atoms with Gasteiger partial charge in [0, 0.05) is 46.6 Å². The van der Waals surface area contributed by atoms with Gasteiger partial charge < -0.3 is 15.3 Å². The number of hydrogen-bond donors (Lipinski definition) is 3. The van der Waals surface area contributed by atoms with Crippen molar-refractivity contribution < 1.29 is 28.7 Å². The number of fused-ring (bicyclic) bond motifs is 1. The smallest absolute Gasteiger partial charge is 0.347 e. The fourth-order valence-corrected chi connectivity index (χ4v) is 5.11. The Balaban J connectivity index is 1.70. The zero-order valence-electron chi connectivity index (χ0n) is 23.0. The number of carbonyl (C=O) groups is 4. The summed E-state index contributed by atoms with van der Waals surface area (Å²) in [5, 5.41) is 12.5. The summed E-state index contributed by atoms with van der Waals surface area (Å²) < 4.78 is 15.1. The molecule has 0 atom stereocenters. The van der Waals surface area contributed by atoms with Gasteiger partial charge in [-0.15, -0.1) is 11.8 Å². The van der Waals surface area contributed by atoms with Crippen LogP contribution < -0.4 is 15.6 Å². The third-order valence-electron chi connectivity index (χ3n) is 6.43. The minimum absolute atomic E-state index is 0.149. The number of halogens is 1. The van der Waals surface area contributed by atoms with E-state index in [0.29, 0.717) is 40.5 Å². The quantitative estimate of drug-likeness (QED) is 0.277. The highest BCUT2D eigenvalue weighted by atomic mass is 32.2. The first-order valence-electron chi connectivity index (χ1n) is 13.2. The van der Waals surface area contributed by atoms with Gasteiger partial charge in [0.05, 0.1) is 11.4 Å². The van der Waals surface area contributed by atoms with Crippen molar-refractivity contribution in [3.63, 3.8) is 0 Å². The summed E-state index contributed by atoms with van der Waals surface area (Å²) in [6.07, 6.45) is 1.33. The summed E-state index contributed by atoms with van der Waals surface area (Å²) in [4.78, 5) is 54.6. The van der Waals surface area contributed by atoms with Crippen LogP contribution in [-0.4, -0.2) is 64.3 Å². The number of likely N-dealkylation sites (N-methyl/N-ethyl adjacent to an activating group) is 1. The normalized spacial score (nSPS) is 12.6. The Kier molecular flexibility index (Phi) is 9.81. The van der Waals surface area contributed by atoms with Crippen LogP contribution in [0.4, 0.5) is 25.4 Å². The number of rotatable bonds is 10. The molecule has 42 heavy (non-hydrogen) atoms. The van der Waals surface area contributed by atoms with E-state index in [9.17, 15) is 19.2 Å². The van der Waals surface area contributed by atoms with Crippen LogP contribution in [0.15, 0.2) is 83.9 Å². The van der Waals surface area contributed by atoms with E-state index in [0.717, 1.165) is 16.8 Å². The Morgan fingerprint density at radius 2 is 1.64 bits per heavy atom. The number of nitrogens with zero attached hydrogens (tertiary/aromatic N) is 3. The Labute approximate surface area is 246 Å². The monoisotopic (exact) mass is 591 g/mol. The maximum Gasteiger partial charge on any atom is 0.347 e. The summed E-state index contributed by atoms with van der Waals surface area (Å²) >= 11 is 1.09. The second kappa shape index (κ2) is 13.7. The first-order valence-corrected chi connectivity index (χ1v) is 14.2. The number of urea groups is 2. The highest BCUT2D eigenvalue weighted by molar-refractivity contribution is 8.00. The molecule has 0 spiro atoms. The molecule has 3 aromatic carbocycles. The molecule has 1 aliphatic rings. The summed E-state index contributed by atoms with van der Waals surface area (Å²) in [6, 6.07) is 18.0. The van der Waals surface area contributed by atoms with Gasteiger partial charge in [0.2, 0.25) is 5.91 Å². The van der Waals surface area contributed by atoms with Crippen molar-refractivity contribution in [3.8, 4) is 0 Å². The molecule has 0 saturated carbocycles. The van der Waals surface area contributed by atoms with Gasteiger partial charge in [-0.1, -0.05) is 42.5 Å². The molecule has 5 amide bonds. The lowest BCUT2D eigenvalue weighted by atomic mass is 9.96. The molecule has 0 fully saturated rings. The highest BCUT2D eigenvalue weighted by Gasteiger charge is 2.32. The lowest BCUT2D eigenvalue weighted by Gasteiger charge is -2.29. The van der Waals surface area contributed by atoms with Crippen molar-refractivity contribution in [1.29, 1.82) is 0 Å². The van der Waals surface area contributed by atoms with E-state index < -0.39 is 23.8 Å². The van der Waals surface area contributed by atoms with Crippen LogP contribution in [0.2, 0.25) is 0 Å². The minimum Gasteiger partial charge on any atom is -0.481 e. The molecule has 0 bridgehead atoms. The summed E-state index contributed by atoms with van der Waals surface area (Å²) in [5.74, 6) is -1.95. The lowest BCUT2D eigenvalue weighted by Crippen LogP contribution is -2.52. The van der Waals surface area contributed by atoms with Gasteiger partial charge in [-0.3, -0.25) is 14.5 Å². The summed E-state index contributed by atoms with van der Waals surface area (Å²) in [6.45, 7) is 4.27. The van der Waals surface area contributed by atoms with E-state index in [1.165, 1.54) is 17.2 Å². The number of carboxylic acids is 1. The van der Waals surface area contributed by atoms with Crippen LogP contribution in [0.3, 0.4) is 0 Å². The van der Waals surface area contributed by atoms with E-state index in [1.807, 2.05) is 13.8 Å². The zero-order chi connectivity index (χ0) is 30.2. The largest absolute Gasteiger partial charge is 0.481 e. The summed E-state index contributed by atoms with van der Waals surface area (Å²) in [5.41, 5.74) is 4.27. The van der Waals surface area contributed by atoms with Crippen molar-refractivity contribution in [1.82, 2.24) is 15.3 Å². The average Bonchev–Trinajstić information content (AvgIpc) is 3.08. The van der Waals surface area contributed by atoms with Gasteiger partial charge in [0.15, 0.2) is 0 Å². The molecule has 3 N–H and O–H groups in total. The topological polar surface area (TPSA) is 122 Å². The number of carboxylic acid groups (broad SMARTS) is 1. The molecule has 0 aliphatic carbocycles. The third-order valence-corrected chi connectivity index (χ3v) is 7.41. The first kappa shape index (κ1) is 30.1. The van der Waals surface area contributed by atoms with Crippen LogP contribution in [-0.2, 0) is 9.59 Å². The van der Waals surface area contributed by atoms with Gasteiger partial charge in [-0.2, -0.15) is 0 Å². The third kappa shape index (κ3) is 7.07. The number of amides is 5. The van der Waals surface area contributed by atoms with Gasteiger partial charge >= 0.3 is 18.0 Å². The number of thioether (sulfide) groups is 1. The maximum absolute atomic E-state index is 15.1. The van der Waals surface area contributed by atoms with Crippen LogP contribution in [0.25, 0.3) is 5.57 Å². The molecular formula is C30H30FN5O5S. The van der Waals surface area contributed by atoms with Gasteiger partial charge in [0.25, 0.3) is 0 Å². The molecule has 0 unspecified atom stereocenters. The zero-order valence-corrected chi connectivity index (χ0v) is 23.9. The Hall–Kier alpha value is -4.84. The average molecular weight is 592 g/mol. The van der Waals surface area contributed by atoms with Crippen LogP contribution in [0, 0.1) is 5.82 Å². The molecule has 0 saturated heterocycles. The molecular weight excluding hydrogens is 561 g/mol. The number of anilines is 2. The Morgan fingerprint density at radius 1 is 0.952 bits per heavy atom. The van der Waals surface area contributed by atoms with Crippen LogP contribution in [0.5, 0.6) is 0 Å². The predicted octanol–water partition coefficient (Wildman–Crippen LogP) is 5.24. The maximum atomic E-state index is 15.1. The minimum atomic E-state index is -0.974. The molecule has 218 valence electrons. The van der Waals surface area contributed by atoms with E-state index >= 15 is 4.39 Å². The van der Waals surface area contributed by atoms with E-state index in [-0.39, 0.29) is 23.8 Å². The molecule has 0 radical (unpaired) electrons. The number of hydrazine groups is 1. The fourth-order valence-electron chi connectivity index (χ4n) is 4.44. The van der Waals surface area contributed by atoms with Crippen molar-refractivity contribution >= 4 is 52.6 Å². The molecule has 1 aliphatic heterocycles. The Bertz CT molecular complexity index is 1530. The second-order valence-corrected chi connectivity index (χ2v) is 10.2. The second-order valence-electron chi connectivity index (χ2n) is 9.12. The van der Waals surface area contributed by atoms with E-state index in [2.05, 4.69) is 10.7 Å². The summed E-state index contributed by atoms with van der Waals surface area (Å²) in [7, 11) is 0. The van der Waals surface area contributed by atoms with Crippen molar-refractivity contribution in [3.05, 3.63) is 95.9 Å². The number of aliphatic carboxylic acids is 1. The number of nitrogens with one attached hydrogen (secondary N) is 2. The molecule has 4 rings (SSSR count). The molecule has 0 aromatic heterocycles. The standard InChI is InChI=1S/C30H30FN5O5S/c1-3-34(4-2)27(37)18-35-26-15-8-6-13-23(26)24(22-12-5-7-14-25(22)31)17-36(30(35)41)33-29(40)32-20-10-9-11-21(16-20)42-19-28(38)39/h5-17H,3-4,18-19H2,1-2H3,(H,38,39)(H2,32,33,40). The predicted molar refractivity (Wildman–Crippen MR) is 159 cm³/mol. The Morgan fingerprint density at radius 3 is 2.33 bits per heavy atom. The van der Waals surface area contributed by atoms with Gasteiger partial charge in [0.1, 0.15) is 12.4 Å². The van der Waals surface area contributed by atoms with Crippen molar-refractivity contribution in [2.45, 2.75) is 18.7 Å². The number of hydrogen-bond acceptors (Lipinski definition) is 5. The first-order chi connectivity index (χ1) is 20.2. The highest BCUT2D eigenvalue weighted by Crippen LogP contribution is 2.36. The van der Waals surface area contributed by atoms with E-state index in [1.54, 1.807) is 71.6 Å². The molecule has 3 aromatic rings. The molecule has 1 heterocycles. The number of para-hydroxylation sites is 1. The van der Waals surface area contributed by atoms with Gasteiger partial charge in [-0.05, 0) is 44.2 Å². The number of benzene rings is 3. The van der Waals surface area contributed by atoms with Crippen LogP contribution >= 0.6 is 11.8 Å². The molecule has 10 nitrogen and oxygen atoms in total. The fraction of sp³-hybridized carbons (Fsp3) is 0.200. The number of carbonyl (C=O) groups excluding carboxylic acids is 3. The van der Waals surface area contributed by atoms with Crippen molar-refractivity contribution in [2.24, 2.45) is 0 Å². The van der Waals surface area contributed by atoms with Crippen LogP contribution in [0.1, 0.15) is 25.0 Å². The van der Waals surface area contributed by atoms with Gasteiger partial charge in [-0.25, -0.2) is 24.4 Å². The SMILES string of the molecule is CCN(CC)C(=O)CN1C(=O)N(NC(=O)Nc2cccc(SCC(=O)O)c2)C=C(c2ccccc2F)c2ccccc21. The van der Waals surface area contributed by atoms with Crippen molar-refractivity contribution in [2.75, 3.05) is 35.6 Å².